The summed E-state index contributed by atoms with van der Waals surface area (Å²) in [7, 11) is 0. The topological polar surface area (TPSA) is 37.3 Å². The Morgan fingerprint density at radius 2 is 1.88 bits per heavy atom. The number of carboxylic acid groups (broad SMARTS) is 1. The number of carbonyl (C=O) groups is 1. The highest BCUT2D eigenvalue weighted by Crippen LogP contribution is 2.21. The van der Waals surface area contributed by atoms with Crippen LogP contribution < -0.4 is 0 Å². The lowest BCUT2D eigenvalue weighted by Gasteiger charge is -2.11. The summed E-state index contributed by atoms with van der Waals surface area (Å²) in [6, 6.07) is 9.45. The number of unbranched alkanes of at least 4 members (excludes halogenated alkanes) is 1. The van der Waals surface area contributed by atoms with Crippen molar-refractivity contribution in [2.24, 2.45) is 0 Å². The number of benzene rings is 1. The number of hydrogen-bond acceptors (Lipinski definition) is 1. The van der Waals surface area contributed by atoms with E-state index in [9.17, 15) is 9.90 Å². The molecule has 0 heterocycles. The molecule has 2 nitrogen and oxygen atoms in total. The molecule has 92 valence electrons. The Balaban J connectivity index is 2.54. The first-order valence-electron chi connectivity index (χ1n) is 6.18. The first-order valence-corrected chi connectivity index (χ1v) is 6.18. The van der Waals surface area contributed by atoms with Gasteiger partial charge in [-0.05, 0) is 24.8 Å². The zero-order valence-corrected chi connectivity index (χ0v) is 10.3. The van der Waals surface area contributed by atoms with Crippen LogP contribution in [0.5, 0.6) is 0 Å². The molecule has 1 atom stereocenters. The predicted octanol–water partition coefficient (Wildman–Crippen LogP) is 3.99. The molecule has 0 aliphatic carbocycles. The van der Waals surface area contributed by atoms with Crippen molar-refractivity contribution in [1.82, 2.24) is 0 Å². The molecule has 1 rings (SSSR count). The Morgan fingerprint density at radius 3 is 2.47 bits per heavy atom. The van der Waals surface area contributed by atoms with Crippen LogP contribution >= 0.6 is 0 Å². The van der Waals surface area contributed by atoms with Crippen LogP contribution in [-0.4, -0.2) is 11.1 Å². The zero-order valence-electron chi connectivity index (χ0n) is 10.3. The van der Waals surface area contributed by atoms with Gasteiger partial charge < -0.3 is 5.11 Å². The van der Waals surface area contributed by atoms with Crippen molar-refractivity contribution >= 4 is 5.97 Å². The van der Waals surface area contributed by atoms with Crippen molar-refractivity contribution < 1.29 is 9.90 Å². The van der Waals surface area contributed by atoms with Gasteiger partial charge in [-0.2, -0.15) is 0 Å². The van der Waals surface area contributed by atoms with Gasteiger partial charge in [0.05, 0.1) is 5.92 Å². The predicted molar refractivity (Wildman–Crippen MR) is 70.1 cm³/mol. The summed E-state index contributed by atoms with van der Waals surface area (Å²) < 4.78 is 0. The van der Waals surface area contributed by atoms with Gasteiger partial charge in [0.25, 0.3) is 0 Å². The normalized spacial score (nSPS) is 12.8. The SMILES string of the molecule is CCC/C=C/CCC(C(=O)O)c1ccccc1. The molecule has 0 aromatic heterocycles. The first-order chi connectivity index (χ1) is 8.25. The van der Waals surface area contributed by atoms with Gasteiger partial charge in [-0.25, -0.2) is 0 Å². The molecule has 0 aliphatic rings. The van der Waals surface area contributed by atoms with E-state index in [2.05, 4.69) is 19.1 Å². The molecule has 0 spiro atoms. The van der Waals surface area contributed by atoms with Gasteiger partial charge in [-0.1, -0.05) is 55.8 Å². The van der Waals surface area contributed by atoms with Gasteiger partial charge in [-0.15, -0.1) is 0 Å². The quantitative estimate of drug-likeness (QED) is 0.722. The Morgan fingerprint density at radius 1 is 1.24 bits per heavy atom. The van der Waals surface area contributed by atoms with E-state index in [-0.39, 0.29) is 5.92 Å². The highest BCUT2D eigenvalue weighted by Gasteiger charge is 2.18. The fourth-order valence-electron chi connectivity index (χ4n) is 1.78. The molecular formula is C15H20O2. The maximum atomic E-state index is 11.2. The Hall–Kier alpha value is -1.57. The van der Waals surface area contributed by atoms with Crippen molar-refractivity contribution in [1.29, 1.82) is 0 Å². The minimum Gasteiger partial charge on any atom is -0.481 e. The lowest BCUT2D eigenvalue weighted by molar-refractivity contribution is -0.138. The summed E-state index contributed by atoms with van der Waals surface area (Å²) in [5.41, 5.74) is 0.892. The van der Waals surface area contributed by atoms with E-state index in [0.29, 0.717) is 6.42 Å². The van der Waals surface area contributed by atoms with E-state index >= 15 is 0 Å². The molecule has 2 heteroatoms. The van der Waals surface area contributed by atoms with Gasteiger partial charge in [0.15, 0.2) is 0 Å². The molecule has 17 heavy (non-hydrogen) atoms. The second-order valence-corrected chi connectivity index (χ2v) is 4.14. The molecule has 0 amide bonds. The maximum Gasteiger partial charge on any atom is 0.310 e. The van der Waals surface area contributed by atoms with Crippen LogP contribution in [0.15, 0.2) is 42.5 Å². The molecule has 1 unspecified atom stereocenters. The molecular weight excluding hydrogens is 212 g/mol. The Bertz CT molecular complexity index is 354. The van der Waals surface area contributed by atoms with E-state index in [1.807, 2.05) is 30.3 Å². The fraction of sp³-hybridized carbons (Fsp3) is 0.400. The number of aliphatic carboxylic acids is 1. The molecule has 0 saturated carbocycles. The maximum absolute atomic E-state index is 11.2. The molecule has 0 radical (unpaired) electrons. The average molecular weight is 232 g/mol. The smallest absolute Gasteiger partial charge is 0.310 e. The number of rotatable bonds is 7. The van der Waals surface area contributed by atoms with Crippen molar-refractivity contribution in [3.8, 4) is 0 Å². The summed E-state index contributed by atoms with van der Waals surface area (Å²) in [6.07, 6.45) is 7.92. The van der Waals surface area contributed by atoms with E-state index in [1.165, 1.54) is 0 Å². The van der Waals surface area contributed by atoms with Crippen LogP contribution in [0.3, 0.4) is 0 Å². The average Bonchev–Trinajstić information content (AvgIpc) is 2.34. The summed E-state index contributed by atoms with van der Waals surface area (Å²) in [5.74, 6) is -1.12. The molecule has 1 aromatic rings. The van der Waals surface area contributed by atoms with Crippen LogP contribution in [0.2, 0.25) is 0 Å². The second kappa shape index (κ2) is 7.66. The van der Waals surface area contributed by atoms with Gasteiger partial charge in [-0.3, -0.25) is 4.79 Å². The lowest BCUT2D eigenvalue weighted by atomic mass is 9.94. The molecule has 0 saturated heterocycles. The largest absolute Gasteiger partial charge is 0.481 e. The van der Waals surface area contributed by atoms with E-state index in [1.54, 1.807) is 0 Å². The van der Waals surface area contributed by atoms with Crippen molar-refractivity contribution in [2.45, 2.75) is 38.5 Å². The van der Waals surface area contributed by atoms with E-state index in [0.717, 1.165) is 24.8 Å². The second-order valence-electron chi connectivity index (χ2n) is 4.14. The van der Waals surface area contributed by atoms with E-state index < -0.39 is 5.97 Å². The van der Waals surface area contributed by atoms with Crippen molar-refractivity contribution in [3.63, 3.8) is 0 Å². The van der Waals surface area contributed by atoms with Crippen molar-refractivity contribution in [3.05, 3.63) is 48.0 Å². The first kappa shape index (κ1) is 13.5. The zero-order chi connectivity index (χ0) is 12.5. The lowest BCUT2D eigenvalue weighted by Crippen LogP contribution is -2.11. The van der Waals surface area contributed by atoms with E-state index in [4.69, 9.17) is 0 Å². The third-order valence-electron chi connectivity index (χ3n) is 2.74. The number of hydrogen-bond donors (Lipinski definition) is 1. The third kappa shape index (κ3) is 4.85. The fourth-order valence-corrected chi connectivity index (χ4v) is 1.78. The van der Waals surface area contributed by atoms with Gasteiger partial charge in [0, 0.05) is 0 Å². The monoisotopic (exact) mass is 232 g/mol. The molecule has 0 bridgehead atoms. The number of carboxylic acids is 1. The molecule has 0 fully saturated rings. The highest BCUT2D eigenvalue weighted by atomic mass is 16.4. The minimum absolute atomic E-state index is 0.387. The molecule has 0 aliphatic heterocycles. The standard InChI is InChI=1S/C15H20O2/c1-2-3-4-5-9-12-14(15(16)17)13-10-7-6-8-11-13/h4-8,10-11,14H,2-3,9,12H2,1H3,(H,16,17)/b5-4+. The number of allylic oxidation sites excluding steroid dienone is 2. The van der Waals surface area contributed by atoms with Crippen LogP contribution in [0.1, 0.15) is 44.1 Å². The Kier molecular flexibility index (Phi) is 6.08. The summed E-state index contributed by atoms with van der Waals surface area (Å²) >= 11 is 0. The van der Waals surface area contributed by atoms with Crippen LogP contribution in [0, 0.1) is 0 Å². The van der Waals surface area contributed by atoms with Gasteiger partial charge in [0.1, 0.15) is 0 Å². The molecule has 1 N–H and O–H groups in total. The van der Waals surface area contributed by atoms with Crippen molar-refractivity contribution in [2.75, 3.05) is 0 Å². The van der Waals surface area contributed by atoms with Crippen LogP contribution in [0.25, 0.3) is 0 Å². The molecule has 1 aromatic carbocycles. The Labute approximate surface area is 103 Å². The minimum atomic E-state index is -0.736. The third-order valence-corrected chi connectivity index (χ3v) is 2.74. The van der Waals surface area contributed by atoms with Gasteiger partial charge in [0.2, 0.25) is 0 Å². The highest BCUT2D eigenvalue weighted by molar-refractivity contribution is 5.76. The van der Waals surface area contributed by atoms with Crippen LogP contribution in [0.4, 0.5) is 0 Å². The van der Waals surface area contributed by atoms with Gasteiger partial charge >= 0.3 is 5.97 Å². The summed E-state index contributed by atoms with van der Waals surface area (Å²) in [4.78, 5) is 11.2. The summed E-state index contributed by atoms with van der Waals surface area (Å²) in [6.45, 7) is 2.13. The van der Waals surface area contributed by atoms with Crippen LogP contribution in [-0.2, 0) is 4.79 Å². The summed E-state index contributed by atoms with van der Waals surface area (Å²) in [5, 5.41) is 9.21.